The number of pyridine rings is 1. The Labute approximate surface area is 168 Å². The number of nitrogens with one attached hydrogen (secondary N) is 1. The van der Waals surface area contributed by atoms with Crippen LogP contribution in [0.2, 0.25) is 0 Å². The van der Waals surface area contributed by atoms with Crippen LogP contribution < -0.4 is 5.14 Å². The predicted octanol–water partition coefficient (Wildman–Crippen LogP) is 3.94. The highest BCUT2D eigenvalue weighted by molar-refractivity contribution is 8.04. The molecule has 0 aliphatic heterocycles. The zero-order valence-corrected chi connectivity index (χ0v) is 16.7. The summed E-state index contributed by atoms with van der Waals surface area (Å²) in [4.78, 5) is 19.5. The van der Waals surface area contributed by atoms with E-state index in [2.05, 4.69) is 35.1 Å². The largest absolute Gasteiger partial charge is 0.360 e. The van der Waals surface area contributed by atoms with E-state index < -0.39 is 15.1 Å². The van der Waals surface area contributed by atoms with E-state index in [0.717, 1.165) is 10.9 Å². The molecular formula is C22H19N3O3S. The zero-order chi connectivity index (χ0) is 20.8. The number of sulfonamides is 1. The van der Waals surface area contributed by atoms with E-state index in [1.807, 2.05) is 24.3 Å². The van der Waals surface area contributed by atoms with E-state index in [0.29, 0.717) is 17.0 Å². The summed E-state index contributed by atoms with van der Waals surface area (Å²) in [5.41, 5.74) is 6.83. The first-order valence-electron chi connectivity index (χ1n) is 8.98. The van der Waals surface area contributed by atoms with Crippen molar-refractivity contribution in [3.05, 3.63) is 77.6 Å². The van der Waals surface area contributed by atoms with Gasteiger partial charge in [0, 0.05) is 28.4 Å². The van der Waals surface area contributed by atoms with Crippen LogP contribution in [-0.4, -0.2) is 23.5 Å². The van der Waals surface area contributed by atoms with Gasteiger partial charge in [-0.25, -0.2) is 13.6 Å². The number of hydrogen-bond acceptors (Lipinski definition) is 4. The number of aromatic amines is 1. The summed E-state index contributed by atoms with van der Waals surface area (Å²) in [6, 6.07) is 17.0. The van der Waals surface area contributed by atoms with Crippen molar-refractivity contribution in [1.82, 2.24) is 9.97 Å². The number of primary sulfonamides is 1. The summed E-state index contributed by atoms with van der Waals surface area (Å²) < 4.78 is 22.8. The molecule has 0 amide bonds. The maximum absolute atomic E-state index is 12.1. The maximum Gasteiger partial charge on any atom is 0.293 e. The number of carbonyl (C=O) groups excluding carboxylic acids is 1. The topological polar surface area (TPSA) is 106 Å². The molecule has 5 rings (SSSR count). The van der Waals surface area contributed by atoms with E-state index in [1.165, 1.54) is 22.8 Å². The highest BCUT2D eigenvalue weighted by Gasteiger charge is 2.25. The lowest BCUT2D eigenvalue weighted by Crippen LogP contribution is -2.24. The number of aryl methyl sites for hydroxylation is 2. The van der Waals surface area contributed by atoms with Crippen molar-refractivity contribution in [3.8, 4) is 22.4 Å². The Morgan fingerprint density at radius 3 is 2.31 bits per heavy atom. The van der Waals surface area contributed by atoms with Crippen LogP contribution in [0.4, 0.5) is 0 Å². The van der Waals surface area contributed by atoms with Gasteiger partial charge < -0.3 is 4.98 Å². The monoisotopic (exact) mass is 405 g/mol. The lowest BCUT2D eigenvalue weighted by molar-refractivity contribution is 0.107. The summed E-state index contributed by atoms with van der Waals surface area (Å²) in [5.74, 6) is 0. The van der Waals surface area contributed by atoms with Gasteiger partial charge in [0.15, 0.2) is 0 Å². The van der Waals surface area contributed by atoms with Gasteiger partial charge >= 0.3 is 0 Å². The SMILES string of the molecule is Cc1cc2ccc1-2.Cc1ccc(C(=O)S(N)(=O)=O)c(-c2c[nH]c3ccccc23)n1. The molecule has 146 valence electrons. The normalized spacial score (nSPS) is 11.7. The minimum Gasteiger partial charge on any atom is -0.360 e. The number of hydrogen-bond donors (Lipinski definition) is 2. The molecule has 2 aliphatic carbocycles. The van der Waals surface area contributed by atoms with Crippen molar-refractivity contribution in [1.29, 1.82) is 0 Å². The Hall–Kier alpha value is -3.29. The molecule has 2 aliphatic rings. The van der Waals surface area contributed by atoms with E-state index in [-0.39, 0.29) is 5.56 Å². The molecule has 0 atom stereocenters. The molecule has 0 unspecified atom stereocenters. The average molecular weight is 405 g/mol. The molecule has 7 heteroatoms. The number of rotatable bonds is 2. The van der Waals surface area contributed by atoms with Gasteiger partial charge in [-0.05, 0) is 48.7 Å². The van der Waals surface area contributed by atoms with Crippen LogP contribution in [0.5, 0.6) is 0 Å². The standard InChI is InChI=1S/C15H13N3O3S.C7H6/c1-9-6-7-11(15(19)22(16,20)21)14(18-9)12-8-17-13-5-3-2-4-10(12)13;1-5-4-6-2-3-7(5)6/h2-8,17H,1H3,(H2,16,20,21);2-4H,1H3. The fourth-order valence-corrected chi connectivity index (χ4v) is 3.80. The van der Waals surface area contributed by atoms with Crippen molar-refractivity contribution in [3.63, 3.8) is 0 Å². The molecule has 2 heterocycles. The van der Waals surface area contributed by atoms with Crippen LogP contribution in [0.25, 0.3) is 33.3 Å². The Bertz CT molecular complexity index is 1370. The lowest BCUT2D eigenvalue weighted by Gasteiger charge is -2.17. The van der Waals surface area contributed by atoms with Crippen molar-refractivity contribution < 1.29 is 13.2 Å². The smallest absolute Gasteiger partial charge is 0.293 e. The molecule has 6 nitrogen and oxygen atoms in total. The first kappa shape index (κ1) is 19.0. The van der Waals surface area contributed by atoms with Gasteiger partial charge in [-0.15, -0.1) is 0 Å². The summed E-state index contributed by atoms with van der Waals surface area (Å²) >= 11 is 0. The van der Waals surface area contributed by atoms with Gasteiger partial charge in [0.1, 0.15) is 0 Å². The Morgan fingerprint density at radius 1 is 1.00 bits per heavy atom. The Kier molecular flexibility index (Phi) is 4.56. The molecule has 3 aromatic rings. The van der Waals surface area contributed by atoms with Gasteiger partial charge in [-0.2, -0.15) is 0 Å². The molecule has 0 bridgehead atoms. The van der Waals surface area contributed by atoms with Gasteiger partial charge in [0.2, 0.25) is 0 Å². The third-order valence-electron chi connectivity index (χ3n) is 4.89. The second-order valence-electron chi connectivity index (χ2n) is 6.96. The van der Waals surface area contributed by atoms with E-state index >= 15 is 0 Å². The van der Waals surface area contributed by atoms with Crippen LogP contribution in [0, 0.1) is 13.8 Å². The molecule has 2 aromatic heterocycles. The third kappa shape index (κ3) is 3.46. The molecule has 0 fully saturated rings. The summed E-state index contributed by atoms with van der Waals surface area (Å²) in [6.45, 7) is 3.91. The van der Waals surface area contributed by atoms with E-state index in [4.69, 9.17) is 5.14 Å². The number of para-hydroxylation sites is 1. The maximum atomic E-state index is 12.1. The second-order valence-corrected chi connectivity index (χ2v) is 8.42. The summed E-state index contributed by atoms with van der Waals surface area (Å²) in [6.07, 6.45) is 1.70. The van der Waals surface area contributed by atoms with Crippen LogP contribution in [0.3, 0.4) is 0 Å². The average Bonchev–Trinajstić information content (AvgIpc) is 3.09. The van der Waals surface area contributed by atoms with Crippen molar-refractivity contribution in [2.24, 2.45) is 5.14 Å². The van der Waals surface area contributed by atoms with E-state index in [1.54, 1.807) is 19.2 Å². The van der Waals surface area contributed by atoms with Crippen molar-refractivity contribution >= 4 is 26.0 Å². The molecule has 29 heavy (non-hydrogen) atoms. The predicted molar refractivity (Wildman–Crippen MR) is 114 cm³/mol. The Balaban J connectivity index is 0.000000243. The van der Waals surface area contributed by atoms with Crippen LogP contribution in [0.1, 0.15) is 21.6 Å². The lowest BCUT2D eigenvalue weighted by atomic mass is 9.88. The first-order chi connectivity index (χ1) is 13.8. The molecule has 0 spiro atoms. The fourth-order valence-electron chi connectivity index (χ4n) is 3.33. The van der Waals surface area contributed by atoms with E-state index in [9.17, 15) is 13.2 Å². The summed E-state index contributed by atoms with van der Waals surface area (Å²) in [7, 11) is -4.32. The third-order valence-corrected chi connectivity index (χ3v) is 5.63. The Morgan fingerprint density at radius 2 is 1.76 bits per heavy atom. The van der Waals surface area contributed by atoms with Crippen molar-refractivity contribution in [2.45, 2.75) is 13.8 Å². The molecule has 1 aromatic carbocycles. The van der Waals surface area contributed by atoms with Gasteiger partial charge in [0.05, 0.1) is 11.3 Å². The van der Waals surface area contributed by atoms with Crippen molar-refractivity contribution in [2.75, 3.05) is 0 Å². The first-order valence-corrected chi connectivity index (χ1v) is 10.5. The molecular weight excluding hydrogens is 386 g/mol. The van der Waals surface area contributed by atoms with Crippen LogP contribution >= 0.6 is 0 Å². The quantitative estimate of drug-likeness (QED) is 0.464. The van der Waals surface area contributed by atoms with Crippen LogP contribution in [-0.2, 0) is 10.0 Å². The molecule has 3 N–H and O–H groups in total. The van der Waals surface area contributed by atoms with Gasteiger partial charge in [0.25, 0.3) is 15.1 Å². The zero-order valence-electron chi connectivity index (χ0n) is 15.9. The minimum absolute atomic E-state index is 0.0298. The molecule has 0 saturated carbocycles. The number of carbonyl (C=O) groups is 1. The number of fused-ring (bicyclic) bond motifs is 2. The second kappa shape index (κ2) is 6.95. The number of H-pyrrole nitrogens is 1. The molecule has 0 saturated heterocycles. The minimum atomic E-state index is -4.32. The fraction of sp³-hybridized carbons (Fsp3) is 0.0909. The highest BCUT2D eigenvalue weighted by atomic mass is 32.2. The van der Waals surface area contributed by atoms with Crippen LogP contribution in [0.15, 0.2) is 60.8 Å². The molecule has 0 radical (unpaired) electrons. The number of nitrogens with zero attached hydrogens (tertiary/aromatic N) is 1. The number of aromatic nitrogens is 2. The number of nitrogens with two attached hydrogens (primary N) is 1. The highest BCUT2D eigenvalue weighted by Crippen LogP contribution is 2.35. The van der Waals surface area contributed by atoms with Gasteiger partial charge in [-0.3, -0.25) is 9.78 Å². The summed E-state index contributed by atoms with van der Waals surface area (Å²) in [5, 5.41) is 4.68. The van der Waals surface area contributed by atoms with Gasteiger partial charge in [-0.1, -0.05) is 36.4 Å². The number of benzene rings is 2.